The van der Waals surface area contributed by atoms with Crippen molar-refractivity contribution in [2.45, 2.75) is 50.2 Å². The largest absolute Gasteiger partial charge is 0.433 e. The minimum atomic E-state index is -5.29. The van der Waals surface area contributed by atoms with Crippen LogP contribution in [0.2, 0.25) is 0 Å². The highest BCUT2D eigenvalue weighted by Crippen LogP contribution is 2.36. The molecule has 0 spiro atoms. The van der Waals surface area contributed by atoms with Crippen molar-refractivity contribution in [2.75, 3.05) is 10.0 Å². The third-order valence-corrected chi connectivity index (χ3v) is 8.85. The van der Waals surface area contributed by atoms with Gasteiger partial charge in [0, 0.05) is 39.8 Å². The molecular weight excluding hydrogens is 690 g/mol. The molecule has 0 atom stereocenters. The molecule has 0 radical (unpaired) electrons. The second-order valence-corrected chi connectivity index (χ2v) is 13.6. The lowest BCUT2D eigenvalue weighted by atomic mass is 9.98. The van der Waals surface area contributed by atoms with Gasteiger partial charge in [-0.1, -0.05) is 6.07 Å². The highest BCUT2D eigenvalue weighted by Gasteiger charge is 2.40. The fourth-order valence-corrected chi connectivity index (χ4v) is 6.16. The van der Waals surface area contributed by atoms with E-state index in [1.165, 1.54) is 12.1 Å². The molecule has 0 aliphatic carbocycles. The zero-order chi connectivity index (χ0) is 36.2. The summed E-state index contributed by atoms with van der Waals surface area (Å²) in [5.74, 6) is -1.02. The summed E-state index contributed by atoms with van der Waals surface area (Å²) >= 11 is 0. The normalized spacial score (nSPS) is 12.8. The number of rotatable bonds is 8. The lowest BCUT2D eigenvalue weighted by Crippen LogP contribution is -2.26. The van der Waals surface area contributed by atoms with Crippen LogP contribution in [0.5, 0.6) is 0 Å². The molecule has 3 N–H and O–H groups in total. The minimum Gasteiger partial charge on any atom is -0.389 e. The summed E-state index contributed by atoms with van der Waals surface area (Å²) in [6, 6.07) is 11.9. The van der Waals surface area contributed by atoms with Crippen molar-refractivity contribution in [3.8, 4) is 11.3 Å². The number of nitrogens with zero attached hydrogens (tertiary/aromatic N) is 6. The summed E-state index contributed by atoms with van der Waals surface area (Å²) < 4.78 is 108. The number of aliphatic hydroxyl groups is 1. The predicted molar refractivity (Wildman–Crippen MR) is 172 cm³/mol. The topological polar surface area (TPSA) is 148 Å². The molecule has 4 heterocycles. The van der Waals surface area contributed by atoms with Gasteiger partial charge < -0.3 is 10.4 Å². The number of aromatic nitrogens is 6. The molecule has 2 aromatic carbocycles. The van der Waals surface area contributed by atoms with Crippen LogP contribution in [0, 0.1) is 6.92 Å². The number of benzene rings is 2. The molecule has 18 heteroatoms. The van der Waals surface area contributed by atoms with Crippen molar-refractivity contribution in [1.29, 1.82) is 0 Å². The van der Waals surface area contributed by atoms with E-state index < -0.39 is 50.2 Å². The van der Waals surface area contributed by atoms with Gasteiger partial charge in [-0.3, -0.25) is 9.67 Å². The molecule has 0 saturated carbocycles. The molecule has 6 rings (SSSR count). The standard InChI is InChI=1S/C32H26F6N8O3S/c1-17-21(8-9-24-23(17)15-41-46(24)16-30(2,3)47)28-22-12-27(40-14-18(22)10-11-39-28)42-19-4-6-20(7-5-19)50(48,49)45-29-43-25(31(33,34)35)13-26(44-29)32(36,37)38/h4-15,47H,16H2,1-3H3,(H,40,42)(H,43,44,45). The molecule has 11 nitrogen and oxygen atoms in total. The van der Waals surface area contributed by atoms with E-state index in [4.69, 9.17) is 0 Å². The van der Waals surface area contributed by atoms with Crippen LogP contribution in [0.4, 0.5) is 43.8 Å². The molecule has 0 unspecified atom stereocenters. The Bertz CT molecular complexity index is 2320. The van der Waals surface area contributed by atoms with Crippen LogP contribution >= 0.6 is 0 Å². The first-order valence-electron chi connectivity index (χ1n) is 14.6. The molecule has 0 saturated heterocycles. The van der Waals surface area contributed by atoms with Crippen LogP contribution in [-0.4, -0.2) is 48.8 Å². The summed E-state index contributed by atoms with van der Waals surface area (Å²) in [5, 5.41) is 20.2. The maximum absolute atomic E-state index is 13.2. The number of aryl methyl sites for hydroxylation is 1. The first-order valence-corrected chi connectivity index (χ1v) is 16.1. The van der Waals surface area contributed by atoms with E-state index in [0.717, 1.165) is 44.9 Å². The van der Waals surface area contributed by atoms with Gasteiger partial charge in [0.1, 0.15) is 5.82 Å². The van der Waals surface area contributed by atoms with E-state index in [-0.39, 0.29) is 6.07 Å². The van der Waals surface area contributed by atoms with Gasteiger partial charge in [0.25, 0.3) is 10.0 Å². The molecule has 0 amide bonds. The molecule has 0 fully saturated rings. The maximum atomic E-state index is 13.2. The van der Waals surface area contributed by atoms with Gasteiger partial charge in [0.15, 0.2) is 11.4 Å². The third-order valence-electron chi connectivity index (χ3n) is 7.51. The monoisotopic (exact) mass is 716 g/mol. The molecule has 50 heavy (non-hydrogen) atoms. The average Bonchev–Trinajstić information content (AvgIpc) is 3.42. The van der Waals surface area contributed by atoms with Crippen molar-refractivity contribution in [1.82, 2.24) is 29.7 Å². The van der Waals surface area contributed by atoms with Crippen LogP contribution in [0.1, 0.15) is 30.8 Å². The van der Waals surface area contributed by atoms with E-state index in [1.807, 2.05) is 19.1 Å². The first kappa shape index (κ1) is 34.5. The summed E-state index contributed by atoms with van der Waals surface area (Å²) in [6.07, 6.45) is -5.55. The highest BCUT2D eigenvalue weighted by atomic mass is 32.2. The van der Waals surface area contributed by atoms with E-state index in [2.05, 4.69) is 30.4 Å². The van der Waals surface area contributed by atoms with Crippen LogP contribution in [0.25, 0.3) is 32.9 Å². The van der Waals surface area contributed by atoms with Crippen LogP contribution < -0.4 is 10.0 Å². The van der Waals surface area contributed by atoms with Crippen molar-refractivity contribution in [2.24, 2.45) is 0 Å². The second kappa shape index (κ2) is 12.2. The van der Waals surface area contributed by atoms with Crippen LogP contribution in [0.15, 0.2) is 78.1 Å². The summed E-state index contributed by atoms with van der Waals surface area (Å²) in [5.41, 5.74) is -1.24. The number of halogens is 6. The smallest absolute Gasteiger partial charge is 0.389 e. The van der Waals surface area contributed by atoms with E-state index in [9.17, 15) is 39.9 Å². The minimum absolute atomic E-state index is 0.305. The lowest BCUT2D eigenvalue weighted by molar-refractivity contribution is -0.147. The summed E-state index contributed by atoms with van der Waals surface area (Å²) in [7, 11) is -4.70. The van der Waals surface area contributed by atoms with Crippen LogP contribution in [0.3, 0.4) is 0 Å². The molecular formula is C32H26F6N8O3S. The number of pyridine rings is 2. The molecule has 0 aliphatic heterocycles. The lowest BCUT2D eigenvalue weighted by Gasteiger charge is -2.18. The van der Waals surface area contributed by atoms with E-state index >= 15 is 0 Å². The Morgan fingerprint density at radius 3 is 2.12 bits per heavy atom. The highest BCUT2D eigenvalue weighted by molar-refractivity contribution is 7.92. The Morgan fingerprint density at radius 1 is 0.840 bits per heavy atom. The SMILES string of the molecule is Cc1c(-c2nccc3cnc(Nc4ccc(S(=O)(=O)Nc5nc(C(F)(F)F)cc(C(F)(F)F)n5)cc4)cc23)ccc2c1cnn2CC(C)(C)O. The van der Waals surface area contributed by atoms with Gasteiger partial charge in [-0.2, -0.15) is 31.4 Å². The Morgan fingerprint density at radius 2 is 1.50 bits per heavy atom. The van der Waals surface area contributed by atoms with Gasteiger partial charge in [0.05, 0.1) is 34.4 Å². The van der Waals surface area contributed by atoms with Crippen molar-refractivity contribution in [3.63, 3.8) is 0 Å². The number of alkyl halides is 6. The van der Waals surface area contributed by atoms with Crippen molar-refractivity contribution >= 4 is 49.2 Å². The summed E-state index contributed by atoms with van der Waals surface area (Å²) in [6.45, 7) is 5.66. The zero-order valence-electron chi connectivity index (χ0n) is 26.3. The van der Waals surface area contributed by atoms with Crippen LogP contribution in [-0.2, 0) is 28.9 Å². The van der Waals surface area contributed by atoms with Gasteiger partial charge in [0.2, 0.25) is 5.95 Å². The van der Waals surface area contributed by atoms with Gasteiger partial charge in [-0.15, -0.1) is 0 Å². The van der Waals surface area contributed by atoms with Gasteiger partial charge in [-0.25, -0.2) is 28.1 Å². The van der Waals surface area contributed by atoms with Crippen molar-refractivity contribution < 1.29 is 39.9 Å². The number of nitrogens with one attached hydrogen (secondary N) is 2. The number of anilines is 3. The molecule has 0 bridgehead atoms. The molecule has 6 aromatic rings. The number of fused-ring (bicyclic) bond motifs is 2. The summed E-state index contributed by atoms with van der Waals surface area (Å²) in [4.78, 5) is 14.4. The molecule has 260 valence electrons. The third kappa shape index (κ3) is 7.16. The van der Waals surface area contributed by atoms with Crippen molar-refractivity contribution in [3.05, 3.63) is 90.1 Å². The van der Waals surface area contributed by atoms with E-state index in [0.29, 0.717) is 23.7 Å². The number of hydrogen-bond donors (Lipinski definition) is 3. The molecule has 0 aliphatic rings. The second-order valence-electron chi connectivity index (χ2n) is 11.9. The quantitative estimate of drug-likeness (QED) is 0.140. The Labute approximate surface area is 280 Å². The Kier molecular flexibility index (Phi) is 8.42. The Hall–Kier alpha value is -5.36. The number of sulfonamides is 1. The fraction of sp³-hybridized carbons (Fsp3) is 0.219. The first-order chi connectivity index (χ1) is 23.3. The maximum Gasteiger partial charge on any atom is 0.433 e. The van der Waals surface area contributed by atoms with Gasteiger partial charge >= 0.3 is 12.4 Å². The fourth-order valence-electron chi connectivity index (χ4n) is 5.22. The van der Waals surface area contributed by atoms with E-state index in [1.54, 1.807) is 54.0 Å². The Balaban J connectivity index is 1.26. The average molecular weight is 717 g/mol. The zero-order valence-corrected chi connectivity index (χ0v) is 27.1. The predicted octanol–water partition coefficient (Wildman–Crippen LogP) is 7.10. The number of hydrogen-bond acceptors (Lipinski definition) is 9. The van der Waals surface area contributed by atoms with Gasteiger partial charge in [-0.05, 0) is 74.9 Å². The molecule has 4 aromatic heterocycles.